The molecule has 7 heteroatoms. The zero-order chi connectivity index (χ0) is 24.8. The second-order valence-electron chi connectivity index (χ2n) is 8.10. The normalized spacial score (nSPS) is 11.7. The Labute approximate surface area is 203 Å². The van der Waals surface area contributed by atoms with E-state index < -0.39 is 12.0 Å². The predicted molar refractivity (Wildman–Crippen MR) is 134 cm³/mol. The van der Waals surface area contributed by atoms with Gasteiger partial charge < -0.3 is 24.9 Å². The number of hydrogen-bond donors (Lipinski definition) is 2. The van der Waals surface area contributed by atoms with Gasteiger partial charge in [0.25, 0.3) is 0 Å². The van der Waals surface area contributed by atoms with Gasteiger partial charge in [-0.3, -0.25) is 4.79 Å². The average Bonchev–Trinajstić information content (AvgIpc) is 3.34. The summed E-state index contributed by atoms with van der Waals surface area (Å²) in [5.74, 6) is -0.397. The Morgan fingerprint density at radius 3 is 2.63 bits per heavy atom. The molecule has 0 bridgehead atoms. The van der Waals surface area contributed by atoms with Crippen molar-refractivity contribution in [2.24, 2.45) is 5.73 Å². The third kappa shape index (κ3) is 5.53. The van der Waals surface area contributed by atoms with Gasteiger partial charge in [0.2, 0.25) is 5.91 Å². The molecule has 35 heavy (non-hydrogen) atoms. The minimum atomic E-state index is -0.963. The third-order valence-electron chi connectivity index (χ3n) is 5.58. The molecular weight excluding hydrogens is 444 g/mol. The lowest BCUT2D eigenvalue weighted by molar-refractivity contribution is -0.147. The maximum atomic E-state index is 12.6. The van der Waals surface area contributed by atoms with Crippen LogP contribution in [0, 0.1) is 0 Å². The molecule has 4 aromatic rings. The number of amides is 1. The van der Waals surface area contributed by atoms with Gasteiger partial charge >= 0.3 is 5.97 Å². The average molecular weight is 473 g/mol. The summed E-state index contributed by atoms with van der Waals surface area (Å²) in [6, 6.07) is 20.1. The zero-order valence-corrected chi connectivity index (χ0v) is 19.7. The van der Waals surface area contributed by atoms with Crippen LogP contribution in [-0.2, 0) is 27.5 Å². The first-order valence-electron chi connectivity index (χ1n) is 11.4. The molecule has 1 unspecified atom stereocenters. The maximum Gasteiger partial charge on any atom is 0.333 e. The van der Waals surface area contributed by atoms with Crippen LogP contribution >= 0.6 is 0 Å². The smallest absolute Gasteiger partial charge is 0.333 e. The molecule has 0 saturated heterocycles. The highest BCUT2D eigenvalue weighted by molar-refractivity contribution is 5.93. The van der Waals surface area contributed by atoms with Crippen LogP contribution in [0.25, 0.3) is 22.1 Å². The molecule has 0 aliphatic heterocycles. The van der Waals surface area contributed by atoms with E-state index in [1.807, 2.05) is 42.5 Å². The van der Waals surface area contributed by atoms with Gasteiger partial charge in [0, 0.05) is 30.0 Å². The Morgan fingerprint density at radius 1 is 1.03 bits per heavy atom. The monoisotopic (exact) mass is 472 g/mol. The summed E-state index contributed by atoms with van der Waals surface area (Å²) in [6.45, 7) is 3.98. The molecule has 180 valence electrons. The quantitative estimate of drug-likeness (QED) is 0.337. The molecule has 1 aromatic heterocycles. The summed E-state index contributed by atoms with van der Waals surface area (Å²) in [5.41, 5.74) is 11.1. The molecule has 4 rings (SSSR count). The van der Waals surface area contributed by atoms with Crippen LogP contribution in [0.5, 0.6) is 5.75 Å². The Hall–Kier alpha value is -4.10. The van der Waals surface area contributed by atoms with Crippen LogP contribution in [0.1, 0.15) is 36.6 Å². The van der Waals surface area contributed by atoms with E-state index in [2.05, 4.69) is 11.4 Å². The SMILES string of the molecule is CCOC(=O)C(NC(C)=O)c1ccccc1OCc1cc(-c2cccc(CN)c2)c2occc2c1. The summed E-state index contributed by atoms with van der Waals surface area (Å²) in [6.07, 6.45) is 1.66. The van der Waals surface area contributed by atoms with Crippen molar-refractivity contribution in [1.82, 2.24) is 5.32 Å². The van der Waals surface area contributed by atoms with Gasteiger partial charge in [-0.05, 0) is 53.9 Å². The maximum absolute atomic E-state index is 12.6. The van der Waals surface area contributed by atoms with E-state index in [0.29, 0.717) is 17.9 Å². The molecule has 1 amide bonds. The first-order valence-corrected chi connectivity index (χ1v) is 11.4. The largest absolute Gasteiger partial charge is 0.489 e. The third-order valence-corrected chi connectivity index (χ3v) is 5.58. The number of rotatable bonds is 9. The van der Waals surface area contributed by atoms with Crippen LogP contribution in [0.2, 0.25) is 0 Å². The lowest BCUT2D eigenvalue weighted by Gasteiger charge is -2.20. The van der Waals surface area contributed by atoms with Gasteiger partial charge in [-0.2, -0.15) is 0 Å². The number of furan rings is 1. The van der Waals surface area contributed by atoms with Gasteiger partial charge in [-0.25, -0.2) is 4.79 Å². The molecule has 0 fully saturated rings. The van der Waals surface area contributed by atoms with Crippen LogP contribution in [0.15, 0.2) is 77.4 Å². The lowest BCUT2D eigenvalue weighted by atomic mass is 9.99. The van der Waals surface area contributed by atoms with E-state index in [1.165, 1.54) is 6.92 Å². The molecule has 3 N–H and O–H groups in total. The zero-order valence-electron chi connectivity index (χ0n) is 19.7. The summed E-state index contributed by atoms with van der Waals surface area (Å²) < 4.78 is 17.1. The van der Waals surface area contributed by atoms with E-state index in [0.717, 1.165) is 33.2 Å². The fourth-order valence-corrected chi connectivity index (χ4v) is 4.01. The van der Waals surface area contributed by atoms with E-state index in [4.69, 9.17) is 19.6 Å². The fraction of sp³-hybridized carbons (Fsp3) is 0.214. The summed E-state index contributed by atoms with van der Waals surface area (Å²) in [4.78, 5) is 24.3. The Bertz CT molecular complexity index is 1340. The number of nitrogens with one attached hydrogen (secondary N) is 1. The Morgan fingerprint density at radius 2 is 1.86 bits per heavy atom. The van der Waals surface area contributed by atoms with Crippen molar-refractivity contribution in [1.29, 1.82) is 0 Å². The highest BCUT2D eigenvalue weighted by Gasteiger charge is 2.26. The molecule has 1 atom stereocenters. The first kappa shape index (κ1) is 24.0. The lowest BCUT2D eigenvalue weighted by Crippen LogP contribution is -2.33. The molecule has 7 nitrogen and oxygen atoms in total. The van der Waals surface area contributed by atoms with Crippen LogP contribution < -0.4 is 15.8 Å². The van der Waals surface area contributed by atoms with Crippen molar-refractivity contribution in [2.45, 2.75) is 33.0 Å². The van der Waals surface area contributed by atoms with Crippen molar-refractivity contribution in [3.8, 4) is 16.9 Å². The molecule has 0 saturated carbocycles. The number of benzene rings is 3. The van der Waals surface area contributed by atoms with Gasteiger partial charge in [0.1, 0.15) is 17.9 Å². The molecule has 3 aromatic carbocycles. The minimum Gasteiger partial charge on any atom is -0.489 e. The Kier molecular flexibility index (Phi) is 7.48. The molecule has 0 spiro atoms. The number of carbonyl (C=O) groups excluding carboxylic acids is 2. The van der Waals surface area contributed by atoms with Gasteiger partial charge in [-0.15, -0.1) is 0 Å². The summed E-state index contributed by atoms with van der Waals surface area (Å²) in [5, 5.41) is 3.62. The van der Waals surface area contributed by atoms with E-state index in [1.54, 1.807) is 31.4 Å². The summed E-state index contributed by atoms with van der Waals surface area (Å²) >= 11 is 0. The van der Waals surface area contributed by atoms with Gasteiger partial charge in [0.05, 0.1) is 12.9 Å². The fourth-order valence-electron chi connectivity index (χ4n) is 4.01. The topological polar surface area (TPSA) is 104 Å². The predicted octanol–water partition coefficient (Wildman–Crippen LogP) is 4.88. The van der Waals surface area contributed by atoms with Gasteiger partial charge in [0.15, 0.2) is 6.04 Å². The van der Waals surface area contributed by atoms with Crippen LogP contribution in [-0.4, -0.2) is 18.5 Å². The molecule has 0 radical (unpaired) electrons. The van der Waals surface area contributed by atoms with Crippen molar-refractivity contribution < 1.29 is 23.5 Å². The van der Waals surface area contributed by atoms with Crippen LogP contribution in [0.3, 0.4) is 0 Å². The highest BCUT2D eigenvalue weighted by atomic mass is 16.5. The molecule has 1 heterocycles. The second-order valence-corrected chi connectivity index (χ2v) is 8.10. The second kappa shape index (κ2) is 10.9. The van der Waals surface area contributed by atoms with E-state index in [-0.39, 0.29) is 19.1 Å². The molecule has 0 aliphatic rings. The summed E-state index contributed by atoms with van der Waals surface area (Å²) in [7, 11) is 0. The van der Waals surface area contributed by atoms with Gasteiger partial charge in [-0.1, -0.05) is 36.4 Å². The van der Waals surface area contributed by atoms with Crippen LogP contribution in [0.4, 0.5) is 0 Å². The van der Waals surface area contributed by atoms with Crippen molar-refractivity contribution >= 4 is 22.8 Å². The number of fused-ring (bicyclic) bond motifs is 1. The number of ether oxygens (including phenoxy) is 2. The minimum absolute atomic E-state index is 0.205. The number of nitrogens with two attached hydrogens (primary N) is 1. The number of para-hydroxylation sites is 1. The van der Waals surface area contributed by atoms with E-state index in [9.17, 15) is 9.59 Å². The van der Waals surface area contributed by atoms with Crippen molar-refractivity contribution in [2.75, 3.05) is 6.61 Å². The number of carbonyl (C=O) groups is 2. The molecular formula is C28H28N2O5. The Balaban J connectivity index is 1.65. The highest BCUT2D eigenvalue weighted by Crippen LogP contribution is 2.33. The van der Waals surface area contributed by atoms with Crippen molar-refractivity contribution in [3.63, 3.8) is 0 Å². The van der Waals surface area contributed by atoms with E-state index >= 15 is 0 Å². The first-order chi connectivity index (χ1) is 17.0. The molecule has 0 aliphatic carbocycles. The standard InChI is InChI=1S/C28H28N2O5/c1-3-33-28(32)26(30-18(2)31)23-9-4-5-10-25(23)35-17-20-14-22-11-12-34-27(22)24(15-20)21-8-6-7-19(13-21)16-29/h4-15,26H,3,16-17,29H2,1-2H3,(H,30,31). The number of hydrogen-bond acceptors (Lipinski definition) is 6. The van der Waals surface area contributed by atoms with Crippen molar-refractivity contribution in [3.05, 3.63) is 89.7 Å². The number of esters is 1.